The Morgan fingerprint density at radius 3 is 2.38 bits per heavy atom. The minimum Gasteiger partial charge on any atom is -0.388 e. The lowest BCUT2D eigenvalue weighted by atomic mass is 9.77. The van der Waals surface area contributed by atoms with E-state index in [-0.39, 0.29) is 12.5 Å². The second-order valence-electron chi connectivity index (χ2n) is 8.61. The molecule has 1 aliphatic heterocycles. The monoisotopic (exact) mass is 405 g/mol. The van der Waals surface area contributed by atoms with Gasteiger partial charge in [0.05, 0.1) is 6.61 Å². The smallest absolute Gasteiger partial charge is 0.253 e. The molecule has 6 nitrogen and oxygen atoms in total. The van der Waals surface area contributed by atoms with Gasteiger partial charge < -0.3 is 25.4 Å². The predicted octanol–water partition coefficient (Wildman–Crippen LogP) is 2.71. The Morgan fingerprint density at radius 2 is 1.72 bits per heavy atom. The predicted molar refractivity (Wildman–Crippen MR) is 111 cm³/mol. The van der Waals surface area contributed by atoms with E-state index in [0.717, 1.165) is 5.92 Å². The van der Waals surface area contributed by atoms with E-state index < -0.39 is 24.5 Å². The standard InChI is InChI=1S/C23H35NO5/c1-2-3-4-5-15-6-8-16(9-7-15)17-10-12-18(13-11-17)22(28)24-23-21(27)20(26)19(25)14-29-23/h10-13,15-16,19-21,23,25-27H,2-9,14H2,1H3,(H,24,28)/t15?,16?,19-,20+,21-,23-/m1/s1. The first kappa shape index (κ1) is 22.2. The number of unbranched alkanes of at least 4 members (excludes halogenated alkanes) is 2. The fraction of sp³-hybridized carbons (Fsp3) is 0.696. The van der Waals surface area contributed by atoms with Gasteiger partial charge in [-0.2, -0.15) is 0 Å². The van der Waals surface area contributed by atoms with Gasteiger partial charge in [-0.25, -0.2) is 0 Å². The van der Waals surface area contributed by atoms with E-state index in [1.165, 1.54) is 56.9 Å². The molecule has 1 aromatic carbocycles. The summed E-state index contributed by atoms with van der Waals surface area (Å²) in [7, 11) is 0. The third-order valence-corrected chi connectivity index (χ3v) is 6.48. The summed E-state index contributed by atoms with van der Waals surface area (Å²) in [6, 6.07) is 7.65. The van der Waals surface area contributed by atoms with E-state index in [2.05, 4.69) is 12.2 Å². The van der Waals surface area contributed by atoms with Crippen molar-refractivity contribution in [1.82, 2.24) is 5.32 Å². The quantitative estimate of drug-likeness (QED) is 0.523. The molecule has 4 N–H and O–H groups in total. The second kappa shape index (κ2) is 10.5. The van der Waals surface area contributed by atoms with Crippen molar-refractivity contribution in [3.05, 3.63) is 35.4 Å². The largest absolute Gasteiger partial charge is 0.388 e. The fourth-order valence-corrected chi connectivity index (χ4v) is 4.52. The highest BCUT2D eigenvalue weighted by Gasteiger charge is 2.38. The number of rotatable bonds is 7. The molecule has 0 aromatic heterocycles. The molecule has 1 saturated carbocycles. The maximum atomic E-state index is 12.5. The van der Waals surface area contributed by atoms with E-state index in [1.54, 1.807) is 12.1 Å². The third kappa shape index (κ3) is 5.79. The zero-order valence-electron chi connectivity index (χ0n) is 17.3. The Bertz CT molecular complexity index is 641. The van der Waals surface area contributed by atoms with Crippen LogP contribution in [-0.2, 0) is 4.74 Å². The summed E-state index contributed by atoms with van der Waals surface area (Å²) in [6.45, 7) is 2.11. The molecule has 1 saturated heterocycles. The lowest BCUT2D eigenvalue weighted by Crippen LogP contribution is -2.58. The second-order valence-corrected chi connectivity index (χ2v) is 8.61. The Kier molecular flexibility index (Phi) is 8.07. The van der Waals surface area contributed by atoms with Crippen LogP contribution >= 0.6 is 0 Å². The zero-order chi connectivity index (χ0) is 20.8. The molecule has 0 spiro atoms. The van der Waals surface area contributed by atoms with Gasteiger partial charge in [-0.1, -0.05) is 44.7 Å². The molecule has 3 rings (SSSR count). The Balaban J connectivity index is 1.49. The van der Waals surface area contributed by atoms with Crippen molar-refractivity contribution in [2.45, 2.75) is 88.7 Å². The molecule has 2 fully saturated rings. The molecule has 0 bridgehead atoms. The normalized spacial score (nSPS) is 32.7. The van der Waals surface area contributed by atoms with Gasteiger partial charge in [-0.05, 0) is 55.2 Å². The summed E-state index contributed by atoms with van der Waals surface area (Å²) < 4.78 is 5.24. The molecule has 4 atom stereocenters. The molecule has 1 aromatic rings. The number of benzene rings is 1. The fourth-order valence-electron chi connectivity index (χ4n) is 4.52. The average Bonchev–Trinajstić information content (AvgIpc) is 2.75. The van der Waals surface area contributed by atoms with Crippen LogP contribution in [0, 0.1) is 5.92 Å². The van der Waals surface area contributed by atoms with Gasteiger partial charge in [0.2, 0.25) is 0 Å². The first-order valence-corrected chi connectivity index (χ1v) is 11.1. The van der Waals surface area contributed by atoms with E-state index in [0.29, 0.717) is 11.5 Å². The molecule has 2 aliphatic rings. The van der Waals surface area contributed by atoms with Gasteiger partial charge in [0.25, 0.3) is 5.91 Å². The molecule has 0 radical (unpaired) electrons. The number of ether oxygens (including phenoxy) is 1. The lowest BCUT2D eigenvalue weighted by molar-refractivity contribution is -0.191. The SMILES string of the molecule is CCCCCC1CCC(c2ccc(C(=O)N[C@@H]3OC[C@@H](O)[C@H](O)[C@H]3O)cc2)CC1. The van der Waals surface area contributed by atoms with Crippen molar-refractivity contribution in [2.75, 3.05) is 6.61 Å². The molecule has 162 valence electrons. The van der Waals surface area contributed by atoms with Gasteiger partial charge in [-0.3, -0.25) is 4.79 Å². The summed E-state index contributed by atoms with van der Waals surface area (Å²) in [6.07, 6.45) is 5.45. The van der Waals surface area contributed by atoms with Crippen molar-refractivity contribution >= 4 is 5.91 Å². The molecule has 29 heavy (non-hydrogen) atoms. The molecular formula is C23H35NO5. The minimum atomic E-state index is -1.37. The van der Waals surface area contributed by atoms with Crippen molar-refractivity contribution < 1.29 is 24.9 Å². The zero-order valence-corrected chi connectivity index (χ0v) is 17.3. The highest BCUT2D eigenvalue weighted by atomic mass is 16.5. The minimum absolute atomic E-state index is 0.136. The summed E-state index contributed by atoms with van der Waals surface area (Å²) in [5, 5.41) is 31.8. The van der Waals surface area contributed by atoms with E-state index >= 15 is 0 Å². The highest BCUT2D eigenvalue weighted by Crippen LogP contribution is 2.37. The van der Waals surface area contributed by atoms with Gasteiger partial charge in [-0.15, -0.1) is 0 Å². The highest BCUT2D eigenvalue weighted by molar-refractivity contribution is 5.94. The van der Waals surface area contributed by atoms with Gasteiger partial charge >= 0.3 is 0 Å². The van der Waals surface area contributed by atoms with Crippen LogP contribution < -0.4 is 5.32 Å². The molecule has 1 amide bonds. The first-order valence-electron chi connectivity index (χ1n) is 11.1. The number of aliphatic hydroxyl groups is 3. The topological polar surface area (TPSA) is 99.0 Å². The Labute approximate surface area is 173 Å². The molecule has 0 unspecified atom stereocenters. The number of carbonyl (C=O) groups excluding carboxylic acids is 1. The summed E-state index contributed by atoms with van der Waals surface area (Å²) in [4.78, 5) is 12.5. The van der Waals surface area contributed by atoms with Crippen LogP contribution in [-0.4, -0.2) is 52.4 Å². The maximum absolute atomic E-state index is 12.5. The summed E-state index contributed by atoms with van der Waals surface area (Å²) in [5.74, 6) is 1.07. The Hall–Kier alpha value is -1.47. The van der Waals surface area contributed by atoms with Crippen molar-refractivity contribution in [3.63, 3.8) is 0 Å². The summed E-state index contributed by atoms with van der Waals surface area (Å²) in [5.41, 5.74) is 1.76. The van der Waals surface area contributed by atoms with Crippen LogP contribution in [0.3, 0.4) is 0 Å². The number of amides is 1. The van der Waals surface area contributed by atoms with E-state index in [4.69, 9.17) is 4.74 Å². The molecular weight excluding hydrogens is 370 g/mol. The van der Waals surface area contributed by atoms with E-state index in [9.17, 15) is 20.1 Å². The van der Waals surface area contributed by atoms with Crippen LogP contribution in [0.25, 0.3) is 0 Å². The van der Waals surface area contributed by atoms with E-state index in [1.807, 2.05) is 12.1 Å². The maximum Gasteiger partial charge on any atom is 0.253 e. The first-order chi connectivity index (χ1) is 14.0. The molecule has 1 aliphatic carbocycles. The Morgan fingerprint density at radius 1 is 1.03 bits per heavy atom. The van der Waals surface area contributed by atoms with Crippen molar-refractivity contribution in [1.29, 1.82) is 0 Å². The lowest BCUT2D eigenvalue weighted by Gasteiger charge is -2.35. The van der Waals surface area contributed by atoms with Crippen LogP contribution in [0.1, 0.15) is 80.1 Å². The van der Waals surface area contributed by atoms with Gasteiger partial charge in [0.15, 0.2) is 6.23 Å². The van der Waals surface area contributed by atoms with Crippen molar-refractivity contribution in [3.8, 4) is 0 Å². The van der Waals surface area contributed by atoms with Crippen LogP contribution in [0.4, 0.5) is 0 Å². The van der Waals surface area contributed by atoms with Gasteiger partial charge in [0.1, 0.15) is 18.3 Å². The average molecular weight is 406 g/mol. The van der Waals surface area contributed by atoms with Crippen LogP contribution in [0.2, 0.25) is 0 Å². The number of hydrogen-bond acceptors (Lipinski definition) is 5. The number of carbonyl (C=O) groups is 1. The number of hydrogen-bond donors (Lipinski definition) is 4. The van der Waals surface area contributed by atoms with Crippen molar-refractivity contribution in [2.24, 2.45) is 5.92 Å². The summed E-state index contributed by atoms with van der Waals surface area (Å²) >= 11 is 0. The molecule has 1 heterocycles. The molecule has 6 heteroatoms. The van der Waals surface area contributed by atoms with Gasteiger partial charge in [0, 0.05) is 5.56 Å². The number of aliphatic hydroxyl groups excluding tert-OH is 3. The van der Waals surface area contributed by atoms with Crippen LogP contribution in [0.5, 0.6) is 0 Å². The third-order valence-electron chi connectivity index (χ3n) is 6.48. The van der Waals surface area contributed by atoms with Crippen LogP contribution in [0.15, 0.2) is 24.3 Å². The number of nitrogens with one attached hydrogen (secondary N) is 1.